The van der Waals surface area contributed by atoms with Gasteiger partial charge in [-0.05, 0) is 18.1 Å². The first-order valence-electron chi connectivity index (χ1n) is 6.20. The van der Waals surface area contributed by atoms with Crippen molar-refractivity contribution < 1.29 is 17.9 Å². The summed E-state index contributed by atoms with van der Waals surface area (Å²) < 4.78 is 32.5. The number of esters is 1. The van der Waals surface area contributed by atoms with Gasteiger partial charge in [0.15, 0.2) is 0 Å². The van der Waals surface area contributed by atoms with Crippen LogP contribution in [0.25, 0.3) is 0 Å². The standard InChI is InChI=1S/C13H20N2O4S/c1-10(2)9-14-20(17,18)15(3)12-8-6-5-7-11(12)13(16)19-4/h5-8,10,14H,9H2,1-4H3. The fourth-order valence-electron chi connectivity index (χ4n) is 1.53. The first-order valence-corrected chi connectivity index (χ1v) is 7.64. The highest BCUT2D eigenvalue weighted by Crippen LogP contribution is 2.21. The van der Waals surface area contributed by atoms with Gasteiger partial charge in [0.25, 0.3) is 0 Å². The van der Waals surface area contributed by atoms with Gasteiger partial charge in [0, 0.05) is 13.6 Å². The summed E-state index contributed by atoms with van der Waals surface area (Å²) in [7, 11) is -1.05. The molecule has 0 aromatic heterocycles. The molecule has 112 valence electrons. The van der Waals surface area contributed by atoms with Gasteiger partial charge in [-0.2, -0.15) is 13.1 Å². The molecule has 0 bridgehead atoms. The van der Waals surface area contributed by atoms with E-state index in [4.69, 9.17) is 0 Å². The van der Waals surface area contributed by atoms with Gasteiger partial charge < -0.3 is 4.74 Å². The zero-order valence-corrected chi connectivity index (χ0v) is 12.9. The second kappa shape index (κ2) is 6.71. The van der Waals surface area contributed by atoms with E-state index in [9.17, 15) is 13.2 Å². The van der Waals surface area contributed by atoms with Crippen LogP contribution in [0.1, 0.15) is 24.2 Å². The maximum absolute atomic E-state index is 12.2. The van der Waals surface area contributed by atoms with E-state index in [1.165, 1.54) is 20.2 Å². The van der Waals surface area contributed by atoms with Gasteiger partial charge in [-0.3, -0.25) is 4.31 Å². The highest BCUT2D eigenvalue weighted by Gasteiger charge is 2.23. The van der Waals surface area contributed by atoms with E-state index in [-0.39, 0.29) is 17.2 Å². The topological polar surface area (TPSA) is 75.7 Å². The maximum atomic E-state index is 12.2. The molecule has 1 N–H and O–H groups in total. The summed E-state index contributed by atoms with van der Waals surface area (Å²) in [4.78, 5) is 11.7. The number of hydrogen-bond acceptors (Lipinski definition) is 4. The smallest absolute Gasteiger partial charge is 0.340 e. The molecule has 0 unspecified atom stereocenters. The quantitative estimate of drug-likeness (QED) is 0.806. The Morgan fingerprint density at radius 1 is 1.35 bits per heavy atom. The minimum atomic E-state index is -3.70. The first-order chi connectivity index (χ1) is 9.29. The fraction of sp³-hybridized carbons (Fsp3) is 0.462. The molecule has 1 aromatic rings. The minimum Gasteiger partial charge on any atom is -0.465 e. The molecule has 0 radical (unpaired) electrons. The van der Waals surface area contributed by atoms with Crippen molar-refractivity contribution in [3.05, 3.63) is 29.8 Å². The van der Waals surface area contributed by atoms with Gasteiger partial charge in [-0.25, -0.2) is 4.79 Å². The lowest BCUT2D eigenvalue weighted by Crippen LogP contribution is -2.40. The first kappa shape index (κ1) is 16.5. The van der Waals surface area contributed by atoms with E-state index < -0.39 is 16.2 Å². The monoisotopic (exact) mass is 300 g/mol. The van der Waals surface area contributed by atoms with Gasteiger partial charge in [0.1, 0.15) is 0 Å². The minimum absolute atomic E-state index is 0.189. The molecule has 0 heterocycles. The fourth-order valence-corrected chi connectivity index (χ4v) is 2.68. The molecule has 0 saturated carbocycles. The van der Waals surface area contributed by atoms with Crippen LogP contribution < -0.4 is 9.03 Å². The van der Waals surface area contributed by atoms with Crippen LogP contribution in [0.4, 0.5) is 5.69 Å². The van der Waals surface area contributed by atoms with Gasteiger partial charge in [0.05, 0.1) is 18.4 Å². The Labute approximate surface area is 119 Å². The lowest BCUT2D eigenvalue weighted by molar-refractivity contribution is 0.0601. The summed E-state index contributed by atoms with van der Waals surface area (Å²) in [5.41, 5.74) is 0.475. The molecule has 1 rings (SSSR count). The number of rotatable bonds is 6. The zero-order chi connectivity index (χ0) is 15.3. The molecule has 0 amide bonds. The van der Waals surface area contributed by atoms with E-state index in [2.05, 4.69) is 9.46 Å². The Morgan fingerprint density at radius 3 is 2.50 bits per heavy atom. The van der Waals surface area contributed by atoms with Crippen molar-refractivity contribution in [3.63, 3.8) is 0 Å². The molecule has 0 fully saturated rings. The van der Waals surface area contributed by atoms with Crippen molar-refractivity contribution in [2.75, 3.05) is 25.0 Å². The zero-order valence-electron chi connectivity index (χ0n) is 12.1. The lowest BCUT2D eigenvalue weighted by atomic mass is 10.2. The molecule has 0 aliphatic rings. The highest BCUT2D eigenvalue weighted by atomic mass is 32.2. The maximum Gasteiger partial charge on any atom is 0.340 e. The third-order valence-corrected chi connectivity index (χ3v) is 4.13. The van der Waals surface area contributed by atoms with E-state index in [1.807, 2.05) is 13.8 Å². The van der Waals surface area contributed by atoms with Crippen molar-refractivity contribution in [1.29, 1.82) is 0 Å². The summed E-state index contributed by atoms with van der Waals surface area (Å²) in [6, 6.07) is 6.39. The van der Waals surface area contributed by atoms with Crippen molar-refractivity contribution in [2.45, 2.75) is 13.8 Å². The Morgan fingerprint density at radius 2 is 1.95 bits per heavy atom. The number of nitrogens with one attached hydrogen (secondary N) is 1. The second-order valence-electron chi connectivity index (χ2n) is 4.72. The number of hydrogen-bond donors (Lipinski definition) is 1. The van der Waals surface area contributed by atoms with Crippen LogP contribution in [0.5, 0.6) is 0 Å². The predicted octanol–water partition coefficient (Wildman–Crippen LogP) is 1.40. The van der Waals surface area contributed by atoms with Crippen LogP contribution in [0, 0.1) is 5.92 Å². The molecule has 6 nitrogen and oxygen atoms in total. The summed E-state index contributed by atoms with van der Waals surface area (Å²) in [5.74, 6) is -0.388. The van der Waals surface area contributed by atoms with E-state index in [1.54, 1.807) is 18.2 Å². The van der Waals surface area contributed by atoms with Crippen LogP contribution in [-0.2, 0) is 14.9 Å². The Hall–Kier alpha value is -1.60. The van der Waals surface area contributed by atoms with Gasteiger partial charge in [0.2, 0.25) is 0 Å². The van der Waals surface area contributed by atoms with Crippen LogP contribution in [0.2, 0.25) is 0 Å². The molecule has 0 aliphatic heterocycles. The third kappa shape index (κ3) is 3.94. The van der Waals surface area contributed by atoms with E-state index >= 15 is 0 Å². The van der Waals surface area contributed by atoms with Crippen LogP contribution in [0.15, 0.2) is 24.3 Å². The Kier molecular flexibility index (Phi) is 5.52. The van der Waals surface area contributed by atoms with Crippen molar-refractivity contribution in [2.24, 2.45) is 5.92 Å². The van der Waals surface area contributed by atoms with E-state index in [0.717, 1.165) is 4.31 Å². The third-order valence-electron chi connectivity index (χ3n) is 2.68. The molecule has 0 spiro atoms. The summed E-state index contributed by atoms with van der Waals surface area (Å²) in [6.45, 7) is 4.14. The normalized spacial score (nSPS) is 11.4. The number of methoxy groups -OCH3 is 1. The highest BCUT2D eigenvalue weighted by molar-refractivity contribution is 7.90. The number of nitrogens with zero attached hydrogens (tertiary/aromatic N) is 1. The molecule has 0 atom stereocenters. The molecule has 0 aliphatic carbocycles. The van der Waals surface area contributed by atoms with Gasteiger partial charge >= 0.3 is 16.2 Å². The Balaban J connectivity index is 3.08. The van der Waals surface area contributed by atoms with E-state index in [0.29, 0.717) is 6.54 Å². The number of anilines is 1. The van der Waals surface area contributed by atoms with Crippen molar-refractivity contribution in [3.8, 4) is 0 Å². The summed E-state index contributed by atoms with van der Waals surface area (Å²) in [5, 5.41) is 0. The molecule has 0 saturated heterocycles. The summed E-state index contributed by atoms with van der Waals surface area (Å²) in [6.07, 6.45) is 0. The van der Waals surface area contributed by atoms with Crippen molar-refractivity contribution in [1.82, 2.24) is 4.72 Å². The van der Waals surface area contributed by atoms with Gasteiger partial charge in [-0.1, -0.05) is 26.0 Å². The number of ether oxygens (including phenoxy) is 1. The largest absolute Gasteiger partial charge is 0.465 e. The average Bonchev–Trinajstić information content (AvgIpc) is 2.43. The summed E-state index contributed by atoms with van der Waals surface area (Å²) >= 11 is 0. The van der Waals surface area contributed by atoms with Gasteiger partial charge in [-0.15, -0.1) is 0 Å². The van der Waals surface area contributed by atoms with Crippen LogP contribution in [-0.4, -0.2) is 35.1 Å². The second-order valence-corrected chi connectivity index (χ2v) is 6.51. The molecule has 1 aromatic carbocycles. The number of carbonyl (C=O) groups is 1. The SMILES string of the molecule is COC(=O)c1ccccc1N(C)S(=O)(=O)NCC(C)C. The van der Waals surface area contributed by atoms with Crippen LogP contribution >= 0.6 is 0 Å². The number of benzene rings is 1. The lowest BCUT2D eigenvalue weighted by Gasteiger charge is -2.22. The van der Waals surface area contributed by atoms with Crippen LogP contribution in [0.3, 0.4) is 0 Å². The molecular formula is C13H20N2O4S. The molecule has 7 heteroatoms. The molecular weight excluding hydrogens is 280 g/mol. The van der Waals surface area contributed by atoms with Crippen molar-refractivity contribution >= 4 is 21.9 Å². The number of carbonyl (C=O) groups excluding carboxylic acids is 1. The molecule has 20 heavy (non-hydrogen) atoms. The Bertz CT molecular complexity index is 569. The number of para-hydroxylation sites is 1. The predicted molar refractivity (Wildman–Crippen MR) is 77.9 cm³/mol. The average molecular weight is 300 g/mol.